The van der Waals surface area contributed by atoms with Crippen molar-refractivity contribution < 1.29 is 5.11 Å². The van der Waals surface area contributed by atoms with Crippen molar-refractivity contribution in [3.63, 3.8) is 0 Å². The van der Waals surface area contributed by atoms with Gasteiger partial charge in [-0.05, 0) is 60.7 Å². The molecule has 1 aliphatic heterocycles. The minimum atomic E-state index is 0.234. The molecule has 0 bridgehead atoms. The van der Waals surface area contributed by atoms with Gasteiger partial charge in [0.05, 0.1) is 6.04 Å². The summed E-state index contributed by atoms with van der Waals surface area (Å²) in [6.45, 7) is 1.09. The number of aliphatic hydroxyl groups excluding tert-OH is 1. The highest BCUT2D eigenvalue weighted by atomic mass is 35.5. The Kier molecular flexibility index (Phi) is 4.92. The number of nitrogens with zero attached hydrogens (tertiary/aromatic N) is 1. The number of halogens is 2. The molecule has 4 heteroatoms. The summed E-state index contributed by atoms with van der Waals surface area (Å²) in [5.74, 6) is 0.319. The molecular weight excluding hydrogens is 317 g/mol. The number of benzene rings is 2. The highest BCUT2D eigenvalue weighted by Gasteiger charge is 2.29. The quantitative estimate of drug-likeness (QED) is 0.858. The monoisotopic (exact) mass is 335 g/mol. The summed E-state index contributed by atoms with van der Waals surface area (Å²) in [6.07, 6.45) is 2.06. The first-order valence-corrected chi connectivity index (χ1v) is 8.31. The van der Waals surface area contributed by atoms with Crippen LogP contribution in [0.1, 0.15) is 24.4 Å². The van der Waals surface area contributed by atoms with Gasteiger partial charge >= 0.3 is 0 Å². The van der Waals surface area contributed by atoms with Gasteiger partial charge in [0.15, 0.2) is 0 Å². The third-order valence-corrected chi connectivity index (χ3v) is 4.85. The first kappa shape index (κ1) is 15.7. The van der Waals surface area contributed by atoms with E-state index in [2.05, 4.69) is 17.0 Å². The third-order valence-electron chi connectivity index (χ3n) is 4.35. The van der Waals surface area contributed by atoms with E-state index in [-0.39, 0.29) is 6.61 Å². The lowest BCUT2D eigenvalue weighted by Gasteiger charge is -2.41. The number of aliphatic hydroxyl groups is 1. The zero-order valence-corrected chi connectivity index (χ0v) is 13.8. The second kappa shape index (κ2) is 6.91. The molecule has 0 unspecified atom stereocenters. The maximum Gasteiger partial charge on any atom is 0.0542 e. The zero-order valence-electron chi connectivity index (χ0n) is 12.3. The van der Waals surface area contributed by atoms with Gasteiger partial charge in [-0.25, -0.2) is 0 Å². The van der Waals surface area contributed by atoms with Crippen LogP contribution >= 0.6 is 23.2 Å². The van der Waals surface area contributed by atoms with Crippen LogP contribution in [0.3, 0.4) is 0 Å². The van der Waals surface area contributed by atoms with E-state index in [1.54, 1.807) is 0 Å². The van der Waals surface area contributed by atoms with E-state index in [0.717, 1.165) is 35.1 Å². The fourth-order valence-corrected chi connectivity index (χ4v) is 3.40. The van der Waals surface area contributed by atoms with Crippen LogP contribution in [0.5, 0.6) is 0 Å². The third kappa shape index (κ3) is 3.40. The molecule has 0 amide bonds. The molecule has 0 aromatic heterocycles. The van der Waals surface area contributed by atoms with Crippen LogP contribution in [0, 0.1) is 5.92 Å². The first-order valence-electron chi connectivity index (χ1n) is 7.56. The van der Waals surface area contributed by atoms with Gasteiger partial charge in [-0.1, -0.05) is 35.3 Å². The number of rotatable bonds is 3. The van der Waals surface area contributed by atoms with Crippen molar-refractivity contribution in [3.8, 4) is 0 Å². The minimum absolute atomic E-state index is 0.234. The largest absolute Gasteiger partial charge is 0.396 e. The Balaban J connectivity index is 1.92. The summed E-state index contributed by atoms with van der Waals surface area (Å²) < 4.78 is 0. The van der Waals surface area contributed by atoms with Gasteiger partial charge in [0.1, 0.15) is 0 Å². The second-order valence-corrected chi connectivity index (χ2v) is 6.69. The Morgan fingerprint density at radius 1 is 0.909 bits per heavy atom. The van der Waals surface area contributed by atoms with Gasteiger partial charge in [-0.15, -0.1) is 0 Å². The lowest BCUT2D eigenvalue weighted by Crippen LogP contribution is -2.39. The van der Waals surface area contributed by atoms with Crippen LogP contribution < -0.4 is 4.90 Å². The molecule has 0 aliphatic carbocycles. The van der Waals surface area contributed by atoms with Crippen LogP contribution in [-0.2, 0) is 0 Å². The fourth-order valence-electron chi connectivity index (χ4n) is 3.14. The van der Waals surface area contributed by atoms with Gasteiger partial charge in [0, 0.05) is 28.9 Å². The normalized spacial score (nSPS) is 21.9. The summed E-state index contributed by atoms with van der Waals surface area (Å²) in [5.41, 5.74) is 2.40. The van der Waals surface area contributed by atoms with E-state index >= 15 is 0 Å². The van der Waals surface area contributed by atoms with E-state index in [0.29, 0.717) is 12.0 Å². The van der Waals surface area contributed by atoms with Crippen molar-refractivity contribution in [3.05, 3.63) is 64.1 Å². The molecule has 2 aromatic carbocycles. The first-order chi connectivity index (χ1) is 10.7. The van der Waals surface area contributed by atoms with Crippen molar-refractivity contribution in [2.45, 2.75) is 18.9 Å². The Labute approximate surface area is 141 Å². The average Bonchev–Trinajstić information content (AvgIpc) is 2.56. The van der Waals surface area contributed by atoms with Crippen molar-refractivity contribution in [2.75, 3.05) is 18.1 Å². The lowest BCUT2D eigenvalue weighted by atomic mass is 9.89. The standard InChI is InChI=1S/C18H19Cl2NO/c19-15-4-2-14(3-5-15)18-10-1-13(12-22)11-21(18)17-8-6-16(20)7-9-17/h2-9,13,18,22H,1,10-12H2/t13-,18-/m0/s1. The molecule has 2 nitrogen and oxygen atoms in total. The summed E-state index contributed by atoms with van der Waals surface area (Å²) in [4.78, 5) is 2.37. The Morgan fingerprint density at radius 2 is 1.50 bits per heavy atom. The smallest absolute Gasteiger partial charge is 0.0542 e. The van der Waals surface area contributed by atoms with E-state index in [9.17, 15) is 5.11 Å². The maximum atomic E-state index is 9.53. The molecular formula is C18H19Cl2NO. The van der Waals surface area contributed by atoms with Crippen LogP contribution in [0.15, 0.2) is 48.5 Å². The Morgan fingerprint density at radius 3 is 2.09 bits per heavy atom. The maximum absolute atomic E-state index is 9.53. The second-order valence-electron chi connectivity index (χ2n) is 5.82. The van der Waals surface area contributed by atoms with Crippen molar-refractivity contribution >= 4 is 28.9 Å². The summed E-state index contributed by atoms with van der Waals surface area (Å²) >= 11 is 12.0. The molecule has 1 saturated heterocycles. The molecule has 1 heterocycles. The minimum Gasteiger partial charge on any atom is -0.396 e. The fraction of sp³-hybridized carbons (Fsp3) is 0.333. The van der Waals surface area contributed by atoms with Crippen molar-refractivity contribution in [2.24, 2.45) is 5.92 Å². The van der Waals surface area contributed by atoms with Gasteiger partial charge in [0.2, 0.25) is 0 Å². The van der Waals surface area contributed by atoms with Gasteiger partial charge in [0.25, 0.3) is 0 Å². The van der Waals surface area contributed by atoms with Crippen LogP contribution in [0.25, 0.3) is 0 Å². The highest BCUT2D eigenvalue weighted by Crippen LogP contribution is 2.37. The molecule has 116 valence electrons. The molecule has 2 aromatic rings. The Hall–Kier alpha value is -1.22. The van der Waals surface area contributed by atoms with Crippen LogP contribution in [0.4, 0.5) is 5.69 Å². The van der Waals surface area contributed by atoms with E-state index in [4.69, 9.17) is 23.2 Å². The van der Waals surface area contributed by atoms with E-state index < -0.39 is 0 Å². The lowest BCUT2D eigenvalue weighted by molar-refractivity contribution is 0.198. The molecule has 3 rings (SSSR count). The highest BCUT2D eigenvalue weighted by molar-refractivity contribution is 6.30. The molecule has 1 N–H and O–H groups in total. The van der Waals surface area contributed by atoms with Crippen molar-refractivity contribution in [1.82, 2.24) is 0 Å². The summed E-state index contributed by atoms with van der Waals surface area (Å²) in [6, 6.07) is 16.3. The number of hydrogen-bond donors (Lipinski definition) is 1. The molecule has 1 aliphatic rings. The van der Waals surface area contributed by atoms with Crippen LogP contribution in [0.2, 0.25) is 10.0 Å². The molecule has 22 heavy (non-hydrogen) atoms. The van der Waals surface area contributed by atoms with Gasteiger partial charge in [-0.2, -0.15) is 0 Å². The Bertz CT molecular complexity index is 612. The number of anilines is 1. The molecule has 2 atom stereocenters. The number of piperidine rings is 1. The molecule has 0 spiro atoms. The summed E-state index contributed by atoms with van der Waals surface area (Å²) in [7, 11) is 0. The van der Waals surface area contributed by atoms with E-state index in [1.165, 1.54) is 5.56 Å². The van der Waals surface area contributed by atoms with Gasteiger partial charge in [-0.3, -0.25) is 0 Å². The molecule has 0 radical (unpaired) electrons. The SMILES string of the molecule is OC[C@H]1CC[C@@H](c2ccc(Cl)cc2)N(c2ccc(Cl)cc2)C1. The van der Waals surface area contributed by atoms with Crippen molar-refractivity contribution in [1.29, 1.82) is 0 Å². The average molecular weight is 336 g/mol. The predicted octanol–water partition coefficient (Wildman–Crippen LogP) is 4.94. The zero-order chi connectivity index (χ0) is 15.5. The summed E-state index contributed by atoms with van der Waals surface area (Å²) in [5, 5.41) is 11.0. The van der Waals surface area contributed by atoms with Crippen LogP contribution in [-0.4, -0.2) is 18.3 Å². The molecule has 0 saturated carbocycles. The predicted molar refractivity (Wildman–Crippen MR) is 92.8 cm³/mol. The number of hydrogen-bond acceptors (Lipinski definition) is 2. The van der Waals surface area contributed by atoms with Gasteiger partial charge < -0.3 is 10.0 Å². The topological polar surface area (TPSA) is 23.5 Å². The molecule has 1 fully saturated rings. The van der Waals surface area contributed by atoms with E-state index in [1.807, 2.05) is 36.4 Å².